The largest absolute Gasteiger partial charge is 0.393 e. The molecule has 0 aliphatic carbocycles. The molecule has 1 saturated heterocycles. The minimum absolute atomic E-state index is 0.248. The molecule has 1 aliphatic rings. The van der Waals surface area contributed by atoms with Crippen molar-refractivity contribution in [3.63, 3.8) is 0 Å². The molecule has 19 heavy (non-hydrogen) atoms. The summed E-state index contributed by atoms with van der Waals surface area (Å²) in [6.07, 6.45) is 6.99. The van der Waals surface area contributed by atoms with Crippen molar-refractivity contribution in [2.45, 2.75) is 58.5 Å². The molecular formula is C14H27NO3S. The highest BCUT2D eigenvalue weighted by atomic mass is 32.2. The van der Waals surface area contributed by atoms with Crippen molar-refractivity contribution in [2.75, 3.05) is 13.1 Å². The number of hydrogen-bond donors (Lipinski definition) is 1. The molecule has 5 heteroatoms. The highest BCUT2D eigenvalue weighted by Crippen LogP contribution is 2.25. The molecule has 0 aromatic heterocycles. The molecule has 4 nitrogen and oxygen atoms in total. The summed E-state index contributed by atoms with van der Waals surface area (Å²) in [5.74, 6) is 0.248. The Hall–Kier alpha value is -0.390. The van der Waals surface area contributed by atoms with Gasteiger partial charge in [-0.05, 0) is 32.1 Å². The Morgan fingerprint density at radius 1 is 1.26 bits per heavy atom. The third-order valence-electron chi connectivity index (χ3n) is 3.81. The zero-order valence-corrected chi connectivity index (χ0v) is 12.9. The predicted octanol–water partition coefficient (Wildman–Crippen LogP) is 2.50. The van der Waals surface area contributed by atoms with Crippen LogP contribution in [0.1, 0.15) is 52.4 Å². The quantitative estimate of drug-likeness (QED) is 0.764. The van der Waals surface area contributed by atoms with Crippen LogP contribution in [0.3, 0.4) is 0 Å². The van der Waals surface area contributed by atoms with Gasteiger partial charge in [-0.2, -0.15) is 4.31 Å². The summed E-state index contributed by atoms with van der Waals surface area (Å²) < 4.78 is 25.4. The van der Waals surface area contributed by atoms with E-state index in [9.17, 15) is 13.5 Å². The Labute approximate surface area is 117 Å². The summed E-state index contributed by atoms with van der Waals surface area (Å²) in [6.45, 7) is 4.82. The van der Waals surface area contributed by atoms with Gasteiger partial charge in [-0.1, -0.05) is 32.3 Å². The molecule has 0 spiro atoms. The molecule has 0 radical (unpaired) electrons. The monoisotopic (exact) mass is 289 g/mol. The van der Waals surface area contributed by atoms with E-state index in [1.54, 1.807) is 13.0 Å². The first-order chi connectivity index (χ1) is 9.01. The number of aliphatic hydroxyl groups is 1. The fourth-order valence-electron chi connectivity index (χ4n) is 2.63. The second-order valence-corrected chi connectivity index (χ2v) is 7.13. The summed E-state index contributed by atoms with van der Waals surface area (Å²) in [5, 5.41) is 11.4. The van der Waals surface area contributed by atoms with Crippen molar-refractivity contribution in [1.82, 2.24) is 4.31 Å². The van der Waals surface area contributed by atoms with Crippen molar-refractivity contribution >= 4 is 10.0 Å². The van der Waals surface area contributed by atoms with Crippen LogP contribution in [0.15, 0.2) is 11.5 Å². The third kappa shape index (κ3) is 5.24. The maximum absolute atomic E-state index is 12.0. The second-order valence-electron chi connectivity index (χ2n) is 5.31. The summed E-state index contributed by atoms with van der Waals surface area (Å²) in [4.78, 5) is 0. The minimum atomic E-state index is -3.29. The zero-order valence-electron chi connectivity index (χ0n) is 12.1. The fourth-order valence-corrected chi connectivity index (χ4v) is 3.87. The molecule has 0 aromatic carbocycles. The zero-order chi connectivity index (χ0) is 14.3. The SMILES string of the molecule is C/C=C/S(=O)(=O)N1CCC(O)C(CCCCC)CC1. The van der Waals surface area contributed by atoms with Crippen LogP contribution in [-0.2, 0) is 10.0 Å². The van der Waals surface area contributed by atoms with Gasteiger partial charge in [0.1, 0.15) is 0 Å². The first-order valence-electron chi connectivity index (χ1n) is 7.32. The standard InChI is InChI=1S/C14H27NO3S/c1-3-5-6-7-13-8-10-15(11-9-14(13)16)19(17,18)12-4-2/h4,12-14,16H,3,5-11H2,1-2H3/b12-4+. The van der Waals surface area contributed by atoms with E-state index >= 15 is 0 Å². The van der Waals surface area contributed by atoms with Crippen molar-refractivity contribution in [3.8, 4) is 0 Å². The molecule has 1 fully saturated rings. The number of rotatable bonds is 6. The number of aliphatic hydroxyl groups excluding tert-OH is 1. The van der Waals surface area contributed by atoms with Crippen LogP contribution in [0.4, 0.5) is 0 Å². The molecule has 1 aliphatic heterocycles. The summed E-state index contributed by atoms with van der Waals surface area (Å²) in [7, 11) is -3.29. The smallest absolute Gasteiger partial charge is 0.235 e. The number of sulfonamides is 1. The van der Waals surface area contributed by atoms with E-state index in [1.165, 1.54) is 22.6 Å². The molecular weight excluding hydrogens is 262 g/mol. The van der Waals surface area contributed by atoms with Crippen molar-refractivity contribution in [3.05, 3.63) is 11.5 Å². The fraction of sp³-hybridized carbons (Fsp3) is 0.857. The van der Waals surface area contributed by atoms with Gasteiger partial charge in [0.25, 0.3) is 0 Å². The molecule has 1 rings (SSSR count). The Bertz CT molecular complexity index is 378. The van der Waals surface area contributed by atoms with Crippen molar-refractivity contribution in [2.24, 2.45) is 5.92 Å². The van der Waals surface area contributed by atoms with Crippen LogP contribution in [0, 0.1) is 5.92 Å². The summed E-state index contributed by atoms with van der Waals surface area (Å²) in [6, 6.07) is 0. The molecule has 0 bridgehead atoms. The lowest BCUT2D eigenvalue weighted by Crippen LogP contribution is -2.30. The Morgan fingerprint density at radius 3 is 2.58 bits per heavy atom. The van der Waals surface area contributed by atoms with Crippen LogP contribution in [0.25, 0.3) is 0 Å². The maximum atomic E-state index is 12.0. The summed E-state index contributed by atoms with van der Waals surface area (Å²) >= 11 is 0. The number of allylic oxidation sites excluding steroid dienone is 1. The van der Waals surface area contributed by atoms with Crippen molar-refractivity contribution < 1.29 is 13.5 Å². The van der Waals surface area contributed by atoms with Gasteiger partial charge in [-0.25, -0.2) is 8.42 Å². The maximum Gasteiger partial charge on any atom is 0.235 e. The second kappa shape index (κ2) is 8.02. The van der Waals surface area contributed by atoms with Gasteiger partial charge in [-0.3, -0.25) is 0 Å². The first-order valence-corrected chi connectivity index (χ1v) is 8.82. The predicted molar refractivity (Wildman–Crippen MR) is 78.2 cm³/mol. The number of unbranched alkanes of at least 4 members (excludes halogenated alkanes) is 2. The number of hydrogen-bond acceptors (Lipinski definition) is 3. The lowest BCUT2D eigenvalue weighted by Gasteiger charge is -2.19. The summed E-state index contributed by atoms with van der Waals surface area (Å²) in [5.41, 5.74) is 0. The molecule has 112 valence electrons. The normalized spacial score (nSPS) is 26.7. The lowest BCUT2D eigenvalue weighted by atomic mass is 9.92. The Morgan fingerprint density at radius 2 is 1.95 bits per heavy atom. The van der Waals surface area contributed by atoms with E-state index in [0.717, 1.165) is 19.3 Å². The highest BCUT2D eigenvalue weighted by molar-refractivity contribution is 7.92. The molecule has 0 saturated carbocycles. The van der Waals surface area contributed by atoms with E-state index in [4.69, 9.17) is 0 Å². The minimum Gasteiger partial charge on any atom is -0.393 e. The van der Waals surface area contributed by atoms with Gasteiger partial charge < -0.3 is 5.11 Å². The van der Waals surface area contributed by atoms with Gasteiger partial charge in [-0.15, -0.1) is 0 Å². The first kappa shape index (κ1) is 16.7. The van der Waals surface area contributed by atoms with E-state index in [-0.39, 0.29) is 12.0 Å². The van der Waals surface area contributed by atoms with Gasteiger partial charge in [0.15, 0.2) is 0 Å². The molecule has 0 aromatic rings. The van der Waals surface area contributed by atoms with Crippen LogP contribution >= 0.6 is 0 Å². The van der Waals surface area contributed by atoms with Crippen LogP contribution in [0.2, 0.25) is 0 Å². The molecule has 2 unspecified atom stereocenters. The van der Waals surface area contributed by atoms with Crippen LogP contribution in [0.5, 0.6) is 0 Å². The lowest BCUT2D eigenvalue weighted by molar-refractivity contribution is 0.0976. The topological polar surface area (TPSA) is 57.6 Å². The highest BCUT2D eigenvalue weighted by Gasteiger charge is 2.28. The average molecular weight is 289 g/mol. The average Bonchev–Trinajstić information content (AvgIpc) is 2.53. The Kier molecular flexibility index (Phi) is 7.04. The van der Waals surface area contributed by atoms with Crippen LogP contribution < -0.4 is 0 Å². The molecule has 1 heterocycles. The van der Waals surface area contributed by atoms with E-state index in [0.29, 0.717) is 19.5 Å². The van der Waals surface area contributed by atoms with E-state index in [1.807, 2.05) is 0 Å². The molecule has 1 N–H and O–H groups in total. The molecule has 0 amide bonds. The number of nitrogens with zero attached hydrogens (tertiary/aromatic N) is 1. The van der Waals surface area contributed by atoms with Crippen LogP contribution in [-0.4, -0.2) is 37.0 Å². The van der Waals surface area contributed by atoms with Gasteiger partial charge >= 0.3 is 0 Å². The van der Waals surface area contributed by atoms with Gasteiger partial charge in [0, 0.05) is 18.5 Å². The van der Waals surface area contributed by atoms with E-state index in [2.05, 4.69) is 6.92 Å². The van der Waals surface area contributed by atoms with Crippen molar-refractivity contribution in [1.29, 1.82) is 0 Å². The van der Waals surface area contributed by atoms with Gasteiger partial charge in [0.05, 0.1) is 6.10 Å². The van der Waals surface area contributed by atoms with E-state index < -0.39 is 10.0 Å². The Balaban J connectivity index is 2.58. The third-order valence-corrected chi connectivity index (χ3v) is 5.52. The molecule has 2 atom stereocenters. The van der Waals surface area contributed by atoms with Gasteiger partial charge in [0.2, 0.25) is 10.0 Å².